The predicted molar refractivity (Wildman–Crippen MR) is 113 cm³/mol. The van der Waals surface area contributed by atoms with Crippen LogP contribution in [0.5, 0.6) is 11.5 Å². The van der Waals surface area contributed by atoms with E-state index in [4.69, 9.17) is 19.3 Å². The Balaban J connectivity index is 2.12. The van der Waals surface area contributed by atoms with Crippen molar-refractivity contribution >= 4 is 5.91 Å². The van der Waals surface area contributed by atoms with Gasteiger partial charge in [0.25, 0.3) is 5.91 Å². The van der Waals surface area contributed by atoms with Crippen molar-refractivity contribution in [2.45, 2.75) is 57.7 Å². The monoisotopic (exact) mass is 408 g/mol. The summed E-state index contributed by atoms with van der Waals surface area (Å²) in [6.45, 7) is 6.13. The number of nitrogens with one attached hydrogen (secondary N) is 1. The number of piperidine rings is 1. The smallest absolute Gasteiger partial charge is 0.254 e. The molecule has 0 unspecified atom stereocenters. The summed E-state index contributed by atoms with van der Waals surface area (Å²) >= 11 is 0. The Hall–Kier alpha value is -1.83. The number of ether oxygens (including phenoxy) is 3. The summed E-state index contributed by atoms with van der Waals surface area (Å²) in [5.41, 5.74) is 0.596. The molecule has 0 radical (unpaired) electrons. The highest BCUT2D eigenvalue weighted by Crippen LogP contribution is 2.30. The van der Waals surface area contributed by atoms with E-state index in [1.54, 1.807) is 32.4 Å². The van der Waals surface area contributed by atoms with Gasteiger partial charge in [-0.15, -0.1) is 0 Å². The van der Waals surface area contributed by atoms with Gasteiger partial charge in [-0.05, 0) is 51.3 Å². The third kappa shape index (κ3) is 6.59. The van der Waals surface area contributed by atoms with Crippen LogP contribution in [0.3, 0.4) is 0 Å². The Morgan fingerprint density at radius 1 is 1.24 bits per heavy atom. The lowest BCUT2D eigenvalue weighted by atomic mass is 9.96. The van der Waals surface area contributed by atoms with Crippen molar-refractivity contribution in [3.05, 3.63) is 23.8 Å². The fourth-order valence-electron chi connectivity index (χ4n) is 3.82. The number of benzene rings is 1. The van der Waals surface area contributed by atoms with Gasteiger partial charge < -0.3 is 29.5 Å². The standard InChI is InChI=1S/C22H36N2O5/c1-16(2)24(19-8-7-18(10-11-25)23-15-19)22(26)17-6-9-20(28-4)21(14-17)29-13-5-12-27-3/h6,9,14,16,18-19,23,25H,5,7-8,10-13,15H2,1-4H3/t18-,19-/m1/s1. The predicted octanol–water partition coefficient (Wildman–Crippen LogP) is 2.46. The maximum atomic E-state index is 13.4. The van der Waals surface area contributed by atoms with Crippen LogP contribution in [0.1, 0.15) is 49.9 Å². The quantitative estimate of drug-likeness (QED) is 0.548. The molecule has 1 amide bonds. The number of carbonyl (C=O) groups is 1. The third-order valence-corrected chi connectivity index (χ3v) is 5.31. The number of hydrogen-bond acceptors (Lipinski definition) is 6. The molecule has 0 aromatic heterocycles. The van der Waals surface area contributed by atoms with Gasteiger partial charge in [-0.1, -0.05) is 0 Å². The van der Waals surface area contributed by atoms with Crippen LogP contribution in [0.25, 0.3) is 0 Å². The zero-order valence-corrected chi connectivity index (χ0v) is 18.1. The van der Waals surface area contributed by atoms with Crippen molar-refractivity contribution in [1.82, 2.24) is 10.2 Å². The zero-order chi connectivity index (χ0) is 21.2. The van der Waals surface area contributed by atoms with E-state index in [-0.39, 0.29) is 24.6 Å². The highest BCUT2D eigenvalue weighted by atomic mass is 16.5. The van der Waals surface area contributed by atoms with E-state index in [0.29, 0.717) is 36.3 Å². The van der Waals surface area contributed by atoms with Crippen LogP contribution in [0, 0.1) is 0 Å². The largest absolute Gasteiger partial charge is 0.493 e. The van der Waals surface area contributed by atoms with Crippen LogP contribution < -0.4 is 14.8 Å². The lowest BCUT2D eigenvalue weighted by molar-refractivity contribution is 0.0548. The third-order valence-electron chi connectivity index (χ3n) is 5.31. The Kier molecular flexibility index (Phi) is 9.70. The molecule has 2 atom stereocenters. The molecule has 7 heteroatoms. The number of aliphatic hydroxyl groups excluding tert-OH is 1. The van der Waals surface area contributed by atoms with E-state index in [2.05, 4.69) is 5.32 Å². The molecule has 7 nitrogen and oxygen atoms in total. The molecule has 2 N–H and O–H groups in total. The highest BCUT2D eigenvalue weighted by molar-refractivity contribution is 5.95. The summed E-state index contributed by atoms with van der Waals surface area (Å²) in [4.78, 5) is 15.3. The summed E-state index contributed by atoms with van der Waals surface area (Å²) in [6.07, 6.45) is 3.40. The first-order valence-electron chi connectivity index (χ1n) is 10.5. The van der Waals surface area contributed by atoms with Crippen LogP contribution in [0.15, 0.2) is 18.2 Å². The molecule has 1 aliphatic rings. The van der Waals surface area contributed by atoms with Gasteiger partial charge >= 0.3 is 0 Å². The number of hydrogen-bond donors (Lipinski definition) is 2. The molecule has 1 fully saturated rings. The van der Waals surface area contributed by atoms with E-state index in [1.165, 1.54) is 0 Å². The van der Waals surface area contributed by atoms with Gasteiger partial charge in [0.2, 0.25) is 0 Å². The molecular formula is C22H36N2O5. The Morgan fingerprint density at radius 2 is 2.03 bits per heavy atom. The van der Waals surface area contributed by atoms with E-state index in [0.717, 1.165) is 32.2 Å². The van der Waals surface area contributed by atoms with Gasteiger partial charge in [0.15, 0.2) is 11.5 Å². The number of carbonyl (C=O) groups excluding carboxylic acids is 1. The maximum absolute atomic E-state index is 13.4. The van der Waals surface area contributed by atoms with Crippen LogP contribution in [0.4, 0.5) is 0 Å². The summed E-state index contributed by atoms with van der Waals surface area (Å²) in [6, 6.07) is 5.89. The second kappa shape index (κ2) is 12.0. The summed E-state index contributed by atoms with van der Waals surface area (Å²) in [5, 5.41) is 12.6. The molecule has 1 aliphatic heterocycles. The Morgan fingerprint density at radius 3 is 2.62 bits per heavy atom. The van der Waals surface area contributed by atoms with Crippen LogP contribution >= 0.6 is 0 Å². The molecule has 2 rings (SSSR count). The van der Waals surface area contributed by atoms with Crippen molar-refractivity contribution in [1.29, 1.82) is 0 Å². The minimum Gasteiger partial charge on any atom is -0.493 e. The molecule has 1 aromatic rings. The van der Waals surface area contributed by atoms with Gasteiger partial charge in [-0.2, -0.15) is 0 Å². The molecule has 29 heavy (non-hydrogen) atoms. The fraction of sp³-hybridized carbons (Fsp3) is 0.682. The number of nitrogens with zero attached hydrogens (tertiary/aromatic N) is 1. The minimum atomic E-state index is -0.00296. The van der Waals surface area contributed by atoms with Crippen LogP contribution in [0.2, 0.25) is 0 Å². The molecule has 0 aliphatic carbocycles. The summed E-state index contributed by atoms with van der Waals surface area (Å²) < 4.78 is 16.3. The van der Waals surface area contributed by atoms with Gasteiger partial charge in [0, 0.05) is 57.0 Å². The first-order valence-corrected chi connectivity index (χ1v) is 10.5. The number of amides is 1. The first-order chi connectivity index (χ1) is 14.0. The highest BCUT2D eigenvalue weighted by Gasteiger charge is 2.31. The van der Waals surface area contributed by atoms with Gasteiger partial charge in [-0.3, -0.25) is 4.79 Å². The Labute approximate surface area is 174 Å². The molecule has 1 aromatic carbocycles. The molecule has 0 spiro atoms. The average molecular weight is 409 g/mol. The molecule has 1 saturated heterocycles. The normalized spacial score (nSPS) is 19.2. The molecule has 0 bridgehead atoms. The second-order valence-electron chi connectivity index (χ2n) is 7.72. The fourth-order valence-corrected chi connectivity index (χ4v) is 3.82. The number of rotatable bonds is 11. The SMILES string of the molecule is COCCCOc1cc(C(=O)N(C(C)C)[C@@H]2CC[C@H](CCO)NC2)ccc1OC. The van der Waals surface area contributed by atoms with Gasteiger partial charge in [-0.25, -0.2) is 0 Å². The maximum Gasteiger partial charge on any atom is 0.254 e. The Bertz CT molecular complexity index is 630. The second-order valence-corrected chi connectivity index (χ2v) is 7.72. The van der Waals surface area contributed by atoms with Crippen molar-refractivity contribution in [2.75, 3.05) is 40.6 Å². The molecular weight excluding hydrogens is 372 g/mol. The topological polar surface area (TPSA) is 80.3 Å². The zero-order valence-electron chi connectivity index (χ0n) is 18.1. The van der Waals surface area contributed by atoms with E-state index in [1.807, 2.05) is 18.7 Å². The average Bonchev–Trinajstić information content (AvgIpc) is 2.72. The first kappa shape index (κ1) is 23.4. The lowest BCUT2D eigenvalue weighted by Crippen LogP contribution is -2.54. The molecule has 0 saturated carbocycles. The van der Waals surface area contributed by atoms with Crippen molar-refractivity contribution in [2.24, 2.45) is 0 Å². The summed E-state index contributed by atoms with van der Waals surface area (Å²) in [7, 11) is 3.25. The number of aliphatic hydroxyl groups is 1. The minimum absolute atomic E-state index is 0.00296. The van der Waals surface area contributed by atoms with Gasteiger partial charge in [0.1, 0.15) is 0 Å². The van der Waals surface area contributed by atoms with E-state index in [9.17, 15) is 4.79 Å². The lowest BCUT2D eigenvalue weighted by Gasteiger charge is -2.40. The van der Waals surface area contributed by atoms with Gasteiger partial charge in [0.05, 0.1) is 13.7 Å². The molecule has 1 heterocycles. The van der Waals surface area contributed by atoms with Crippen molar-refractivity contribution in [3.8, 4) is 11.5 Å². The summed E-state index contributed by atoms with van der Waals surface area (Å²) in [5.74, 6) is 1.18. The van der Waals surface area contributed by atoms with Crippen molar-refractivity contribution < 1.29 is 24.1 Å². The van der Waals surface area contributed by atoms with Crippen molar-refractivity contribution in [3.63, 3.8) is 0 Å². The van der Waals surface area contributed by atoms with E-state index < -0.39 is 0 Å². The number of methoxy groups -OCH3 is 2. The van der Waals surface area contributed by atoms with E-state index >= 15 is 0 Å². The van der Waals surface area contributed by atoms with Crippen LogP contribution in [-0.2, 0) is 4.74 Å². The van der Waals surface area contributed by atoms with Crippen LogP contribution in [-0.4, -0.2) is 74.6 Å². The molecule has 164 valence electrons.